The monoisotopic (exact) mass is 204 g/mol. The summed E-state index contributed by atoms with van der Waals surface area (Å²) in [5.74, 6) is 4.87. The molecule has 3 saturated carbocycles. The van der Waals surface area contributed by atoms with Gasteiger partial charge in [0.15, 0.2) is 0 Å². The molecule has 0 bridgehead atoms. The minimum Gasteiger partial charge on any atom is -0.0996 e. The molecule has 0 aromatic heterocycles. The molecule has 15 heavy (non-hydrogen) atoms. The first-order valence-electron chi connectivity index (χ1n) is 6.71. The molecule has 0 heterocycles. The van der Waals surface area contributed by atoms with Crippen LogP contribution in [0, 0.1) is 35.0 Å². The number of rotatable bonds is 0. The summed E-state index contributed by atoms with van der Waals surface area (Å²) in [6.45, 7) is 11.8. The highest BCUT2D eigenvalue weighted by molar-refractivity contribution is 5.20. The van der Waals surface area contributed by atoms with E-state index in [1.807, 2.05) is 0 Å². The van der Waals surface area contributed by atoms with E-state index in [1.54, 1.807) is 5.57 Å². The Morgan fingerprint density at radius 1 is 1.20 bits per heavy atom. The van der Waals surface area contributed by atoms with Gasteiger partial charge < -0.3 is 0 Å². The number of fused-ring (bicyclic) bond motifs is 3. The first kappa shape index (κ1) is 9.93. The van der Waals surface area contributed by atoms with Crippen molar-refractivity contribution in [3.8, 4) is 0 Å². The molecule has 84 valence electrons. The van der Waals surface area contributed by atoms with Gasteiger partial charge in [-0.25, -0.2) is 0 Å². The second-order valence-electron chi connectivity index (χ2n) is 6.89. The highest BCUT2D eigenvalue weighted by atomic mass is 14.7. The lowest BCUT2D eigenvalue weighted by Gasteiger charge is -2.25. The summed E-state index contributed by atoms with van der Waals surface area (Å²) >= 11 is 0. The van der Waals surface area contributed by atoms with E-state index in [-0.39, 0.29) is 0 Å². The molecule has 3 rings (SSSR count). The normalized spacial score (nSPS) is 51.9. The molecular weight excluding hydrogens is 180 g/mol. The summed E-state index contributed by atoms with van der Waals surface area (Å²) in [6, 6.07) is 0. The van der Waals surface area contributed by atoms with Crippen LogP contribution < -0.4 is 0 Å². The van der Waals surface area contributed by atoms with Gasteiger partial charge in [0.05, 0.1) is 0 Å². The van der Waals surface area contributed by atoms with Gasteiger partial charge in [0.25, 0.3) is 0 Å². The van der Waals surface area contributed by atoms with Gasteiger partial charge in [-0.3, -0.25) is 0 Å². The third-order valence-electron chi connectivity index (χ3n) is 5.91. The largest absolute Gasteiger partial charge is 0.0996 e. The Hall–Kier alpha value is -0.260. The average Bonchev–Trinajstić information content (AvgIpc) is 2.55. The van der Waals surface area contributed by atoms with Gasteiger partial charge in [0, 0.05) is 0 Å². The number of allylic oxidation sites excluding steroid dienone is 1. The Balaban J connectivity index is 1.93. The third-order valence-corrected chi connectivity index (χ3v) is 5.91. The maximum Gasteiger partial charge on any atom is -0.0172 e. The first-order valence-corrected chi connectivity index (χ1v) is 6.71. The molecule has 1 unspecified atom stereocenters. The predicted molar refractivity (Wildman–Crippen MR) is 64.5 cm³/mol. The lowest BCUT2D eigenvalue weighted by atomic mass is 9.80. The fourth-order valence-electron chi connectivity index (χ4n) is 4.93. The first-order chi connectivity index (χ1) is 7.03. The Morgan fingerprint density at radius 2 is 1.93 bits per heavy atom. The van der Waals surface area contributed by atoms with Crippen LogP contribution in [0.4, 0.5) is 0 Å². The zero-order chi connectivity index (χ0) is 10.8. The van der Waals surface area contributed by atoms with E-state index in [9.17, 15) is 0 Å². The maximum absolute atomic E-state index is 4.35. The van der Waals surface area contributed by atoms with Crippen molar-refractivity contribution in [1.29, 1.82) is 0 Å². The van der Waals surface area contributed by atoms with Gasteiger partial charge in [-0.05, 0) is 60.7 Å². The van der Waals surface area contributed by atoms with Gasteiger partial charge in [0.2, 0.25) is 0 Å². The van der Waals surface area contributed by atoms with Crippen molar-refractivity contribution in [2.45, 2.75) is 46.5 Å². The Bertz CT molecular complexity index is 299. The van der Waals surface area contributed by atoms with Crippen LogP contribution in [-0.2, 0) is 0 Å². The van der Waals surface area contributed by atoms with Crippen LogP contribution in [0.1, 0.15) is 46.5 Å². The maximum atomic E-state index is 4.35. The summed E-state index contributed by atoms with van der Waals surface area (Å²) in [5.41, 5.74) is 2.25. The van der Waals surface area contributed by atoms with E-state index in [0.29, 0.717) is 5.41 Å². The summed E-state index contributed by atoms with van der Waals surface area (Å²) < 4.78 is 0. The number of hydrogen-bond acceptors (Lipinski definition) is 0. The van der Waals surface area contributed by atoms with Crippen molar-refractivity contribution in [1.82, 2.24) is 0 Å². The summed E-state index contributed by atoms with van der Waals surface area (Å²) in [6.07, 6.45) is 5.63. The van der Waals surface area contributed by atoms with Gasteiger partial charge in [-0.15, -0.1) is 0 Å². The molecule has 0 N–H and O–H groups in total. The molecule has 0 saturated heterocycles. The van der Waals surface area contributed by atoms with Crippen molar-refractivity contribution >= 4 is 0 Å². The van der Waals surface area contributed by atoms with E-state index >= 15 is 0 Å². The summed E-state index contributed by atoms with van der Waals surface area (Å²) in [7, 11) is 0. The standard InChI is InChI=1S/C15H24/c1-9-6-8-12-14(15(12,3)4)13-10(2)5-7-11(9)13/h10-14H,1,5-8H2,2-4H3/t10-,11+,12?,13-,14-/m1/s1. The van der Waals surface area contributed by atoms with Crippen LogP contribution in [0.2, 0.25) is 0 Å². The zero-order valence-electron chi connectivity index (χ0n) is 10.4. The van der Waals surface area contributed by atoms with Crippen molar-refractivity contribution < 1.29 is 0 Å². The van der Waals surface area contributed by atoms with Crippen LogP contribution in [0.3, 0.4) is 0 Å². The molecular formula is C15H24. The minimum atomic E-state index is 0.655. The van der Waals surface area contributed by atoms with Gasteiger partial charge in [0.1, 0.15) is 0 Å². The van der Waals surface area contributed by atoms with E-state index in [4.69, 9.17) is 0 Å². The lowest BCUT2D eigenvalue weighted by Crippen LogP contribution is -2.18. The summed E-state index contributed by atoms with van der Waals surface area (Å²) in [4.78, 5) is 0. The summed E-state index contributed by atoms with van der Waals surface area (Å²) in [5, 5.41) is 0. The highest BCUT2D eigenvalue weighted by Gasteiger charge is 2.64. The quantitative estimate of drug-likeness (QED) is 0.517. The topological polar surface area (TPSA) is 0 Å². The lowest BCUT2D eigenvalue weighted by molar-refractivity contribution is 0.280. The van der Waals surface area contributed by atoms with E-state index in [1.165, 1.54) is 25.7 Å². The fourth-order valence-corrected chi connectivity index (χ4v) is 4.93. The van der Waals surface area contributed by atoms with Gasteiger partial charge in [-0.2, -0.15) is 0 Å². The third kappa shape index (κ3) is 1.20. The van der Waals surface area contributed by atoms with E-state index in [0.717, 1.165) is 29.6 Å². The molecule has 0 nitrogen and oxygen atoms in total. The molecule has 5 atom stereocenters. The molecule has 0 aromatic carbocycles. The van der Waals surface area contributed by atoms with Gasteiger partial charge >= 0.3 is 0 Å². The molecule has 0 aliphatic heterocycles. The molecule has 0 aromatic rings. The molecule has 0 heteroatoms. The molecule has 3 fully saturated rings. The van der Waals surface area contributed by atoms with Crippen molar-refractivity contribution in [3.05, 3.63) is 12.2 Å². The molecule has 3 aliphatic carbocycles. The van der Waals surface area contributed by atoms with Gasteiger partial charge in [-0.1, -0.05) is 32.9 Å². The average molecular weight is 204 g/mol. The molecule has 0 amide bonds. The van der Waals surface area contributed by atoms with Crippen LogP contribution in [0.25, 0.3) is 0 Å². The zero-order valence-corrected chi connectivity index (χ0v) is 10.4. The van der Waals surface area contributed by atoms with Crippen LogP contribution in [-0.4, -0.2) is 0 Å². The van der Waals surface area contributed by atoms with Crippen molar-refractivity contribution in [2.75, 3.05) is 0 Å². The minimum absolute atomic E-state index is 0.655. The van der Waals surface area contributed by atoms with Crippen molar-refractivity contribution in [2.24, 2.45) is 35.0 Å². The molecule has 0 spiro atoms. The smallest absolute Gasteiger partial charge is 0.0172 e. The van der Waals surface area contributed by atoms with Crippen LogP contribution in [0.5, 0.6) is 0 Å². The Morgan fingerprint density at radius 3 is 2.67 bits per heavy atom. The van der Waals surface area contributed by atoms with E-state index in [2.05, 4.69) is 27.4 Å². The Kier molecular flexibility index (Phi) is 1.92. The van der Waals surface area contributed by atoms with E-state index < -0.39 is 0 Å². The second-order valence-corrected chi connectivity index (χ2v) is 6.89. The second kappa shape index (κ2) is 2.90. The highest BCUT2D eigenvalue weighted by Crippen LogP contribution is 2.70. The SMILES string of the molecule is C=C1CCC2[C@H]([C@@H]3[C@H](C)CC[C@@H]13)C2(C)C. The van der Waals surface area contributed by atoms with Crippen LogP contribution >= 0.6 is 0 Å². The Labute approximate surface area is 94.1 Å². The molecule has 0 radical (unpaired) electrons. The molecule has 3 aliphatic rings. The number of hydrogen-bond donors (Lipinski definition) is 0. The predicted octanol–water partition coefficient (Wildman–Crippen LogP) is 4.27. The van der Waals surface area contributed by atoms with Crippen LogP contribution in [0.15, 0.2) is 12.2 Å². The van der Waals surface area contributed by atoms with Crippen molar-refractivity contribution in [3.63, 3.8) is 0 Å². The fraction of sp³-hybridized carbons (Fsp3) is 0.867.